The number of amides is 2. The monoisotopic (exact) mass is 285 g/mol. The summed E-state index contributed by atoms with van der Waals surface area (Å²) in [6.45, 7) is 0.393. The molecule has 1 saturated heterocycles. The summed E-state index contributed by atoms with van der Waals surface area (Å²) < 4.78 is 5.24. The van der Waals surface area contributed by atoms with Gasteiger partial charge in [0, 0.05) is 24.2 Å². The van der Waals surface area contributed by atoms with Gasteiger partial charge in [-0.25, -0.2) is 4.98 Å². The Balaban J connectivity index is 1.69. The molecular formula is C15H15N3O3. The quantitative estimate of drug-likeness (QED) is 0.900. The van der Waals surface area contributed by atoms with E-state index in [1.54, 1.807) is 6.20 Å². The number of carbonyl (C=O) groups is 2. The van der Waals surface area contributed by atoms with Crippen molar-refractivity contribution in [2.24, 2.45) is 5.92 Å². The maximum atomic E-state index is 12.2. The molecule has 6 nitrogen and oxygen atoms in total. The number of nitrogens with one attached hydrogen (secondary N) is 2. The van der Waals surface area contributed by atoms with Gasteiger partial charge in [-0.2, -0.15) is 0 Å². The summed E-state index contributed by atoms with van der Waals surface area (Å²) in [5, 5.41) is 5.58. The fraction of sp³-hybridized carbons (Fsp3) is 0.267. The van der Waals surface area contributed by atoms with Gasteiger partial charge in [-0.3, -0.25) is 9.59 Å². The molecule has 1 atom stereocenters. The number of oxazole rings is 1. The molecule has 6 heteroatoms. The Hall–Kier alpha value is -2.63. The first kappa shape index (κ1) is 13.4. The summed E-state index contributed by atoms with van der Waals surface area (Å²) in [6.07, 6.45) is 4.06. The van der Waals surface area contributed by atoms with Crippen molar-refractivity contribution < 1.29 is 14.0 Å². The highest BCUT2D eigenvalue weighted by Gasteiger charge is 2.24. The van der Waals surface area contributed by atoms with Crippen molar-refractivity contribution in [1.82, 2.24) is 10.3 Å². The predicted molar refractivity (Wildman–Crippen MR) is 76.3 cm³/mol. The molecule has 0 aliphatic carbocycles. The average molecular weight is 285 g/mol. The maximum Gasteiger partial charge on any atom is 0.229 e. The van der Waals surface area contributed by atoms with Crippen LogP contribution in [0.4, 0.5) is 5.69 Å². The lowest BCUT2D eigenvalue weighted by Crippen LogP contribution is -2.40. The van der Waals surface area contributed by atoms with Crippen molar-refractivity contribution in [2.75, 3.05) is 11.9 Å². The van der Waals surface area contributed by atoms with Gasteiger partial charge in [-0.15, -0.1) is 0 Å². The Bertz CT molecular complexity index is 642. The largest absolute Gasteiger partial charge is 0.445 e. The maximum absolute atomic E-state index is 12.2. The predicted octanol–water partition coefficient (Wildman–Crippen LogP) is 1.81. The second-order valence-electron chi connectivity index (χ2n) is 4.95. The Morgan fingerprint density at radius 1 is 1.43 bits per heavy atom. The van der Waals surface area contributed by atoms with Gasteiger partial charge < -0.3 is 15.1 Å². The van der Waals surface area contributed by atoms with Crippen LogP contribution in [0.25, 0.3) is 11.5 Å². The molecule has 1 aromatic heterocycles. The van der Waals surface area contributed by atoms with E-state index in [0.29, 0.717) is 31.0 Å². The number of carbonyl (C=O) groups excluding carboxylic acids is 2. The van der Waals surface area contributed by atoms with E-state index in [2.05, 4.69) is 15.6 Å². The van der Waals surface area contributed by atoms with Crippen LogP contribution in [-0.4, -0.2) is 23.3 Å². The molecule has 1 fully saturated rings. The van der Waals surface area contributed by atoms with Crippen molar-refractivity contribution >= 4 is 17.5 Å². The molecule has 2 amide bonds. The van der Waals surface area contributed by atoms with Crippen molar-refractivity contribution in [3.63, 3.8) is 0 Å². The molecule has 2 heterocycles. The standard InChI is InChI=1S/C15H15N3O3/c19-13-5-4-11(9-17-13)14(20)18-12-3-1-2-10(8-12)15-16-6-7-21-15/h1-3,6-8,11H,4-5,9H2,(H,17,19)(H,18,20). The lowest BCUT2D eigenvalue weighted by atomic mass is 9.98. The van der Waals surface area contributed by atoms with Gasteiger partial charge in [0.05, 0.1) is 12.1 Å². The number of nitrogens with zero attached hydrogens (tertiary/aromatic N) is 1. The van der Waals surface area contributed by atoms with Crippen LogP contribution in [0.5, 0.6) is 0 Å². The van der Waals surface area contributed by atoms with Gasteiger partial charge in [0.15, 0.2) is 0 Å². The van der Waals surface area contributed by atoms with E-state index < -0.39 is 0 Å². The Morgan fingerprint density at radius 3 is 3.05 bits per heavy atom. The van der Waals surface area contributed by atoms with Crippen molar-refractivity contribution in [1.29, 1.82) is 0 Å². The van der Waals surface area contributed by atoms with Crippen LogP contribution >= 0.6 is 0 Å². The SMILES string of the molecule is O=C1CCC(C(=O)Nc2cccc(-c3ncco3)c2)CN1. The van der Waals surface area contributed by atoms with Crippen LogP contribution in [0, 0.1) is 5.92 Å². The van der Waals surface area contributed by atoms with Gasteiger partial charge in [0.25, 0.3) is 0 Å². The van der Waals surface area contributed by atoms with Crippen LogP contribution in [-0.2, 0) is 9.59 Å². The summed E-state index contributed by atoms with van der Waals surface area (Å²) in [7, 11) is 0. The second kappa shape index (κ2) is 5.78. The van der Waals surface area contributed by atoms with E-state index in [4.69, 9.17) is 4.42 Å². The van der Waals surface area contributed by atoms with E-state index in [1.807, 2.05) is 24.3 Å². The van der Waals surface area contributed by atoms with Crippen LogP contribution in [0.3, 0.4) is 0 Å². The van der Waals surface area contributed by atoms with Gasteiger partial charge in [-0.05, 0) is 24.6 Å². The number of benzene rings is 1. The lowest BCUT2D eigenvalue weighted by molar-refractivity contribution is -0.126. The molecule has 108 valence electrons. The van der Waals surface area contributed by atoms with Crippen LogP contribution in [0.2, 0.25) is 0 Å². The van der Waals surface area contributed by atoms with E-state index in [1.165, 1.54) is 6.26 Å². The molecule has 1 aliphatic heterocycles. The van der Waals surface area contributed by atoms with Crippen LogP contribution < -0.4 is 10.6 Å². The molecule has 0 saturated carbocycles. The van der Waals surface area contributed by atoms with Crippen LogP contribution in [0.15, 0.2) is 41.1 Å². The molecular weight excluding hydrogens is 270 g/mol. The third-order valence-electron chi connectivity index (χ3n) is 3.45. The van der Waals surface area contributed by atoms with Crippen molar-refractivity contribution in [3.8, 4) is 11.5 Å². The van der Waals surface area contributed by atoms with E-state index in [0.717, 1.165) is 5.56 Å². The summed E-state index contributed by atoms with van der Waals surface area (Å²) in [6, 6.07) is 7.32. The number of hydrogen-bond acceptors (Lipinski definition) is 4. The fourth-order valence-electron chi connectivity index (χ4n) is 2.30. The first-order chi connectivity index (χ1) is 10.2. The zero-order chi connectivity index (χ0) is 14.7. The molecule has 0 radical (unpaired) electrons. The molecule has 1 unspecified atom stereocenters. The fourth-order valence-corrected chi connectivity index (χ4v) is 2.30. The highest BCUT2D eigenvalue weighted by Crippen LogP contribution is 2.22. The minimum Gasteiger partial charge on any atom is -0.445 e. The van der Waals surface area contributed by atoms with E-state index in [-0.39, 0.29) is 17.7 Å². The van der Waals surface area contributed by atoms with Crippen molar-refractivity contribution in [2.45, 2.75) is 12.8 Å². The Morgan fingerprint density at radius 2 is 2.33 bits per heavy atom. The molecule has 1 aliphatic rings. The normalized spacial score (nSPS) is 18.1. The topological polar surface area (TPSA) is 84.2 Å². The first-order valence-corrected chi connectivity index (χ1v) is 6.80. The molecule has 2 aromatic rings. The van der Waals surface area contributed by atoms with E-state index >= 15 is 0 Å². The first-order valence-electron chi connectivity index (χ1n) is 6.80. The summed E-state index contributed by atoms with van der Waals surface area (Å²) >= 11 is 0. The van der Waals surface area contributed by atoms with Gasteiger partial charge >= 0.3 is 0 Å². The Kier molecular flexibility index (Phi) is 3.68. The highest BCUT2D eigenvalue weighted by molar-refractivity contribution is 5.94. The molecule has 2 N–H and O–H groups in total. The molecule has 3 rings (SSSR count). The number of hydrogen-bond donors (Lipinski definition) is 2. The molecule has 0 spiro atoms. The van der Waals surface area contributed by atoms with Crippen LogP contribution in [0.1, 0.15) is 12.8 Å². The number of aromatic nitrogens is 1. The third kappa shape index (κ3) is 3.10. The zero-order valence-electron chi connectivity index (χ0n) is 11.3. The van der Waals surface area contributed by atoms with Gasteiger partial charge in [0.2, 0.25) is 17.7 Å². The van der Waals surface area contributed by atoms with Gasteiger partial charge in [-0.1, -0.05) is 6.07 Å². The van der Waals surface area contributed by atoms with Crippen molar-refractivity contribution in [3.05, 3.63) is 36.7 Å². The van der Waals surface area contributed by atoms with E-state index in [9.17, 15) is 9.59 Å². The second-order valence-corrected chi connectivity index (χ2v) is 4.95. The highest BCUT2D eigenvalue weighted by atomic mass is 16.3. The summed E-state index contributed by atoms with van der Waals surface area (Å²) in [5.41, 5.74) is 1.49. The lowest BCUT2D eigenvalue weighted by Gasteiger charge is -2.21. The third-order valence-corrected chi connectivity index (χ3v) is 3.45. The zero-order valence-corrected chi connectivity index (χ0v) is 11.3. The molecule has 1 aromatic carbocycles. The average Bonchev–Trinajstić information content (AvgIpc) is 3.02. The van der Waals surface area contributed by atoms with Gasteiger partial charge in [0.1, 0.15) is 6.26 Å². The summed E-state index contributed by atoms with van der Waals surface area (Å²) in [4.78, 5) is 27.4. The molecule has 0 bridgehead atoms. The minimum atomic E-state index is -0.187. The minimum absolute atomic E-state index is 0.00458. The number of anilines is 1. The smallest absolute Gasteiger partial charge is 0.229 e. The summed E-state index contributed by atoms with van der Waals surface area (Å²) in [5.74, 6) is 0.244. The molecule has 21 heavy (non-hydrogen) atoms. The Labute approximate surface area is 121 Å². The number of piperidine rings is 1. The number of rotatable bonds is 3.